The quantitative estimate of drug-likeness (QED) is 0.886. The summed E-state index contributed by atoms with van der Waals surface area (Å²) in [6.45, 7) is 12.6. The van der Waals surface area contributed by atoms with E-state index in [1.807, 2.05) is 0 Å². The van der Waals surface area contributed by atoms with Crippen molar-refractivity contribution in [3.05, 3.63) is 5.89 Å². The molecule has 1 aromatic heterocycles. The Bertz CT molecular complexity index is 391. The van der Waals surface area contributed by atoms with Crippen molar-refractivity contribution in [3.8, 4) is 0 Å². The Morgan fingerprint density at radius 1 is 1.32 bits per heavy atom. The predicted octanol–water partition coefficient (Wildman–Crippen LogP) is 2.30. The molecular weight excluding hydrogens is 240 g/mol. The molecule has 1 aromatic rings. The number of aromatic nitrogens is 2. The molecule has 0 radical (unpaired) electrons. The lowest BCUT2D eigenvalue weighted by Gasteiger charge is -2.33. The van der Waals surface area contributed by atoms with E-state index >= 15 is 0 Å². The Morgan fingerprint density at radius 2 is 2.11 bits per heavy atom. The van der Waals surface area contributed by atoms with Crippen LogP contribution in [0.2, 0.25) is 0 Å². The van der Waals surface area contributed by atoms with Crippen molar-refractivity contribution in [2.75, 3.05) is 24.5 Å². The van der Waals surface area contributed by atoms with Gasteiger partial charge in [-0.2, -0.15) is 0 Å². The summed E-state index contributed by atoms with van der Waals surface area (Å²) in [4.78, 5) is 2.21. The minimum absolute atomic E-state index is 0.631. The molecule has 1 N–H and O–H groups in total. The third kappa shape index (κ3) is 3.93. The normalized spacial score (nSPS) is 24.2. The van der Waals surface area contributed by atoms with Gasteiger partial charge in [-0.05, 0) is 30.7 Å². The van der Waals surface area contributed by atoms with Crippen molar-refractivity contribution < 1.29 is 4.42 Å². The molecular formula is C14H26N4O. The number of hydrogen-bond acceptors (Lipinski definition) is 5. The molecule has 19 heavy (non-hydrogen) atoms. The maximum atomic E-state index is 5.73. The van der Waals surface area contributed by atoms with E-state index in [9.17, 15) is 0 Å². The SMILES string of the molecule is CC(C)CNCc1nnc(N2CCC(C)C(C)C2)o1. The van der Waals surface area contributed by atoms with Crippen molar-refractivity contribution >= 4 is 6.01 Å². The smallest absolute Gasteiger partial charge is 0.318 e. The van der Waals surface area contributed by atoms with E-state index in [1.165, 1.54) is 6.42 Å². The summed E-state index contributed by atoms with van der Waals surface area (Å²) in [7, 11) is 0. The first-order valence-electron chi connectivity index (χ1n) is 7.34. The van der Waals surface area contributed by atoms with Gasteiger partial charge in [0.15, 0.2) is 0 Å². The molecule has 1 aliphatic rings. The molecule has 5 heteroatoms. The summed E-state index contributed by atoms with van der Waals surface area (Å²) in [5.74, 6) is 2.78. The lowest BCUT2D eigenvalue weighted by Crippen LogP contribution is -2.38. The van der Waals surface area contributed by atoms with E-state index in [-0.39, 0.29) is 0 Å². The zero-order valence-electron chi connectivity index (χ0n) is 12.5. The lowest BCUT2D eigenvalue weighted by atomic mass is 9.89. The Labute approximate surface area is 115 Å². The van der Waals surface area contributed by atoms with E-state index in [0.29, 0.717) is 30.3 Å². The van der Waals surface area contributed by atoms with Crippen LogP contribution >= 0.6 is 0 Å². The monoisotopic (exact) mass is 266 g/mol. The van der Waals surface area contributed by atoms with Gasteiger partial charge in [0, 0.05) is 13.1 Å². The van der Waals surface area contributed by atoms with Gasteiger partial charge >= 0.3 is 6.01 Å². The summed E-state index contributed by atoms with van der Waals surface area (Å²) < 4.78 is 5.73. The van der Waals surface area contributed by atoms with Gasteiger partial charge in [0.2, 0.25) is 5.89 Å². The van der Waals surface area contributed by atoms with Crippen molar-refractivity contribution in [2.45, 2.75) is 40.7 Å². The number of piperidine rings is 1. The fourth-order valence-electron chi connectivity index (χ4n) is 2.35. The second-order valence-electron chi connectivity index (χ2n) is 6.19. The molecule has 0 bridgehead atoms. The highest BCUT2D eigenvalue weighted by Gasteiger charge is 2.25. The first-order chi connectivity index (χ1) is 9.06. The van der Waals surface area contributed by atoms with Crippen LogP contribution < -0.4 is 10.2 Å². The Morgan fingerprint density at radius 3 is 2.79 bits per heavy atom. The molecule has 1 aliphatic heterocycles. The summed E-state index contributed by atoms with van der Waals surface area (Å²) in [5, 5.41) is 11.6. The average molecular weight is 266 g/mol. The van der Waals surface area contributed by atoms with Gasteiger partial charge in [0.1, 0.15) is 0 Å². The molecule has 0 aliphatic carbocycles. The van der Waals surface area contributed by atoms with E-state index in [2.05, 4.69) is 48.1 Å². The number of hydrogen-bond donors (Lipinski definition) is 1. The summed E-state index contributed by atoms with van der Waals surface area (Å²) in [5.41, 5.74) is 0. The van der Waals surface area contributed by atoms with Crippen molar-refractivity contribution in [3.63, 3.8) is 0 Å². The van der Waals surface area contributed by atoms with Crippen LogP contribution in [0.3, 0.4) is 0 Å². The zero-order valence-corrected chi connectivity index (χ0v) is 12.5. The third-order valence-corrected chi connectivity index (χ3v) is 3.89. The van der Waals surface area contributed by atoms with Gasteiger partial charge < -0.3 is 14.6 Å². The second-order valence-corrected chi connectivity index (χ2v) is 6.19. The maximum absolute atomic E-state index is 5.73. The van der Waals surface area contributed by atoms with Gasteiger partial charge in [-0.15, -0.1) is 5.10 Å². The van der Waals surface area contributed by atoms with Crippen LogP contribution in [0.5, 0.6) is 0 Å². The highest BCUT2D eigenvalue weighted by atomic mass is 16.4. The van der Waals surface area contributed by atoms with Gasteiger partial charge in [0.05, 0.1) is 6.54 Å². The molecule has 2 rings (SSSR count). The molecule has 2 atom stereocenters. The molecule has 2 heterocycles. The highest BCUT2D eigenvalue weighted by Crippen LogP contribution is 2.26. The van der Waals surface area contributed by atoms with Gasteiger partial charge in [-0.1, -0.05) is 32.8 Å². The molecule has 1 saturated heterocycles. The summed E-state index contributed by atoms with van der Waals surface area (Å²) >= 11 is 0. The molecule has 0 aromatic carbocycles. The van der Waals surface area contributed by atoms with Crippen LogP contribution in [-0.4, -0.2) is 29.8 Å². The van der Waals surface area contributed by atoms with E-state index in [0.717, 1.165) is 25.6 Å². The first-order valence-corrected chi connectivity index (χ1v) is 7.34. The van der Waals surface area contributed by atoms with Gasteiger partial charge in [-0.3, -0.25) is 0 Å². The van der Waals surface area contributed by atoms with E-state index in [4.69, 9.17) is 4.42 Å². The topological polar surface area (TPSA) is 54.2 Å². The number of nitrogens with one attached hydrogen (secondary N) is 1. The maximum Gasteiger partial charge on any atom is 0.318 e. The van der Waals surface area contributed by atoms with Crippen LogP contribution in [0.1, 0.15) is 40.0 Å². The van der Waals surface area contributed by atoms with Crippen molar-refractivity contribution in [1.29, 1.82) is 0 Å². The van der Waals surface area contributed by atoms with Crippen LogP contribution in [0, 0.1) is 17.8 Å². The van der Waals surface area contributed by atoms with E-state index < -0.39 is 0 Å². The number of anilines is 1. The first kappa shape index (κ1) is 14.3. The molecule has 2 unspecified atom stereocenters. The number of rotatable bonds is 5. The predicted molar refractivity (Wildman–Crippen MR) is 76.0 cm³/mol. The Hall–Kier alpha value is -1.10. The summed E-state index contributed by atoms with van der Waals surface area (Å²) in [6.07, 6.45) is 1.20. The molecule has 0 spiro atoms. The Balaban J connectivity index is 1.86. The van der Waals surface area contributed by atoms with Gasteiger partial charge in [0.25, 0.3) is 0 Å². The van der Waals surface area contributed by atoms with Gasteiger partial charge in [-0.25, -0.2) is 0 Å². The fourth-order valence-corrected chi connectivity index (χ4v) is 2.35. The minimum atomic E-state index is 0.631. The van der Waals surface area contributed by atoms with Crippen LogP contribution in [-0.2, 0) is 6.54 Å². The van der Waals surface area contributed by atoms with Crippen molar-refractivity contribution in [1.82, 2.24) is 15.5 Å². The van der Waals surface area contributed by atoms with Crippen molar-refractivity contribution in [2.24, 2.45) is 17.8 Å². The molecule has 0 amide bonds. The standard InChI is InChI=1S/C14H26N4O/c1-10(2)7-15-8-13-16-17-14(19-13)18-6-5-11(3)12(4)9-18/h10-12,15H,5-9H2,1-4H3. The minimum Gasteiger partial charge on any atom is -0.407 e. The Kier molecular flexibility index (Phi) is 4.80. The van der Waals surface area contributed by atoms with Crippen LogP contribution in [0.4, 0.5) is 6.01 Å². The molecule has 108 valence electrons. The highest BCUT2D eigenvalue weighted by molar-refractivity contribution is 5.25. The second kappa shape index (κ2) is 6.37. The van der Waals surface area contributed by atoms with E-state index in [1.54, 1.807) is 0 Å². The third-order valence-electron chi connectivity index (χ3n) is 3.89. The lowest BCUT2D eigenvalue weighted by molar-refractivity contribution is 0.310. The molecule has 1 fully saturated rings. The van der Waals surface area contributed by atoms with Crippen LogP contribution in [0.25, 0.3) is 0 Å². The van der Waals surface area contributed by atoms with Crippen LogP contribution in [0.15, 0.2) is 4.42 Å². The summed E-state index contributed by atoms with van der Waals surface area (Å²) in [6, 6.07) is 0.681. The average Bonchev–Trinajstić information content (AvgIpc) is 2.81. The molecule has 5 nitrogen and oxygen atoms in total. The fraction of sp³-hybridized carbons (Fsp3) is 0.857. The molecule has 0 saturated carbocycles. The zero-order chi connectivity index (χ0) is 13.8. The number of nitrogens with zero attached hydrogens (tertiary/aromatic N) is 3. The largest absolute Gasteiger partial charge is 0.407 e.